The van der Waals surface area contributed by atoms with Gasteiger partial charge in [-0.1, -0.05) is 18.2 Å². The first-order chi connectivity index (χ1) is 10.5. The molecule has 1 heterocycles. The number of anilines is 1. The van der Waals surface area contributed by atoms with Gasteiger partial charge in [0.1, 0.15) is 5.82 Å². The fraction of sp³-hybridized carbons (Fsp3) is 0.176. The summed E-state index contributed by atoms with van der Waals surface area (Å²) in [5, 5.41) is 11.9. The van der Waals surface area contributed by atoms with Crippen molar-refractivity contribution in [3.05, 3.63) is 65.0 Å². The number of carbonyl (C=O) groups is 2. The summed E-state index contributed by atoms with van der Waals surface area (Å²) in [7, 11) is 0. The number of fused-ring (bicyclic) bond motifs is 2. The Balaban J connectivity index is 1.83. The van der Waals surface area contributed by atoms with Gasteiger partial charge in [-0.15, -0.1) is 0 Å². The first kappa shape index (κ1) is 13.0. The lowest BCUT2D eigenvalue weighted by atomic mass is 9.91. The Morgan fingerprint density at radius 3 is 2.77 bits per heavy atom. The second-order valence-electron chi connectivity index (χ2n) is 5.77. The number of halogens is 1. The third-order valence-corrected chi connectivity index (χ3v) is 4.64. The van der Waals surface area contributed by atoms with Gasteiger partial charge in [0.2, 0.25) is 5.91 Å². The molecule has 0 aromatic heterocycles. The first-order valence-corrected chi connectivity index (χ1v) is 6.98. The number of hydrogen-bond acceptors (Lipinski definition) is 2. The zero-order chi connectivity index (χ0) is 15.5. The standard InChI is InChI=1S/C17H12FNO3/c18-13-4-2-1-3-10(13)12-8-17(12)11-7-9(15(20)21)5-6-14(11)19-16(17)22/h1-7,12H,8H2,(H,19,22)(H,20,21)/t12-,17+/m1/s1. The molecular weight excluding hydrogens is 285 g/mol. The Morgan fingerprint density at radius 2 is 2.05 bits per heavy atom. The second kappa shape index (κ2) is 4.16. The Labute approximate surface area is 125 Å². The van der Waals surface area contributed by atoms with Gasteiger partial charge in [0.15, 0.2) is 0 Å². The monoisotopic (exact) mass is 297 g/mol. The molecule has 0 bridgehead atoms. The van der Waals surface area contributed by atoms with Gasteiger partial charge < -0.3 is 10.4 Å². The van der Waals surface area contributed by atoms with Crippen LogP contribution in [0.5, 0.6) is 0 Å². The van der Waals surface area contributed by atoms with Crippen molar-refractivity contribution in [2.24, 2.45) is 0 Å². The van der Waals surface area contributed by atoms with E-state index < -0.39 is 11.4 Å². The maximum atomic E-state index is 14.0. The summed E-state index contributed by atoms with van der Waals surface area (Å²) >= 11 is 0. The van der Waals surface area contributed by atoms with Crippen LogP contribution in [0, 0.1) is 5.82 Å². The molecule has 2 N–H and O–H groups in total. The normalized spacial score (nSPS) is 25.0. The van der Waals surface area contributed by atoms with E-state index in [0.29, 0.717) is 23.2 Å². The molecule has 1 spiro atoms. The number of benzene rings is 2. The van der Waals surface area contributed by atoms with Gasteiger partial charge in [-0.05, 0) is 41.8 Å². The molecule has 0 unspecified atom stereocenters. The highest BCUT2D eigenvalue weighted by atomic mass is 19.1. The summed E-state index contributed by atoms with van der Waals surface area (Å²) in [5.74, 6) is -1.81. The van der Waals surface area contributed by atoms with Crippen molar-refractivity contribution in [1.82, 2.24) is 0 Å². The van der Waals surface area contributed by atoms with E-state index in [4.69, 9.17) is 5.11 Å². The first-order valence-electron chi connectivity index (χ1n) is 6.98. The minimum Gasteiger partial charge on any atom is -0.478 e. The molecule has 1 aliphatic heterocycles. The zero-order valence-electron chi connectivity index (χ0n) is 11.5. The number of carboxylic acids is 1. The summed E-state index contributed by atoms with van der Waals surface area (Å²) in [4.78, 5) is 23.6. The van der Waals surface area contributed by atoms with E-state index in [9.17, 15) is 14.0 Å². The van der Waals surface area contributed by atoms with Gasteiger partial charge in [-0.25, -0.2) is 9.18 Å². The average Bonchev–Trinajstić information content (AvgIpc) is 3.17. The van der Waals surface area contributed by atoms with Crippen LogP contribution >= 0.6 is 0 Å². The fourth-order valence-corrected chi connectivity index (χ4v) is 3.46. The van der Waals surface area contributed by atoms with Crippen molar-refractivity contribution in [2.45, 2.75) is 17.8 Å². The quantitative estimate of drug-likeness (QED) is 0.895. The van der Waals surface area contributed by atoms with Crippen LogP contribution in [-0.4, -0.2) is 17.0 Å². The van der Waals surface area contributed by atoms with Crippen LogP contribution in [-0.2, 0) is 10.2 Å². The summed E-state index contributed by atoms with van der Waals surface area (Å²) in [6.07, 6.45) is 0.496. The van der Waals surface area contributed by atoms with E-state index in [0.717, 1.165) is 0 Å². The number of amides is 1. The van der Waals surface area contributed by atoms with Crippen molar-refractivity contribution in [2.75, 3.05) is 5.32 Å². The maximum Gasteiger partial charge on any atom is 0.335 e. The fourth-order valence-electron chi connectivity index (χ4n) is 3.46. The molecule has 2 aromatic rings. The summed E-state index contributed by atoms with van der Waals surface area (Å²) in [5.41, 5.74) is 1.09. The minimum absolute atomic E-state index is 0.133. The third-order valence-electron chi connectivity index (χ3n) is 4.64. The average molecular weight is 297 g/mol. The molecule has 22 heavy (non-hydrogen) atoms. The van der Waals surface area contributed by atoms with E-state index >= 15 is 0 Å². The van der Waals surface area contributed by atoms with Crippen LogP contribution in [0.2, 0.25) is 0 Å². The van der Waals surface area contributed by atoms with Crippen LogP contribution in [0.25, 0.3) is 0 Å². The molecule has 2 aromatic carbocycles. The topological polar surface area (TPSA) is 66.4 Å². The highest BCUT2D eigenvalue weighted by Crippen LogP contribution is 2.65. The molecule has 1 aliphatic carbocycles. The molecular formula is C17H12FNO3. The van der Waals surface area contributed by atoms with Gasteiger partial charge in [0.05, 0.1) is 11.0 Å². The number of nitrogens with one attached hydrogen (secondary N) is 1. The predicted octanol–water partition coefficient (Wildman–Crippen LogP) is 2.90. The SMILES string of the molecule is O=C(O)c1ccc2c(c1)[C@]1(C[C@@H]1c1ccccc1F)C(=O)N2. The Bertz CT molecular complexity index is 832. The van der Waals surface area contributed by atoms with Crippen LogP contribution in [0.1, 0.15) is 33.8 Å². The van der Waals surface area contributed by atoms with Crippen molar-refractivity contribution in [1.29, 1.82) is 0 Å². The molecule has 4 nitrogen and oxygen atoms in total. The van der Waals surface area contributed by atoms with E-state index in [-0.39, 0.29) is 23.2 Å². The van der Waals surface area contributed by atoms with E-state index in [1.165, 1.54) is 18.2 Å². The van der Waals surface area contributed by atoms with Crippen LogP contribution in [0.4, 0.5) is 10.1 Å². The summed E-state index contributed by atoms with van der Waals surface area (Å²) in [6.45, 7) is 0. The van der Waals surface area contributed by atoms with Crippen molar-refractivity contribution in [3.8, 4) is 0 Å². The minimum atomic E-state index is -1.04. The number of carboxylic acid groups (broad SMARTS) is 1. The molecule has 0 radical (unpaired) electrons. The van der Waals surface area contributed by atoms with Gasteiger partial charge in [0.25, 0.3) is 0 Å². The number of carbonyl (C=O) groups excluding carboxylic acids is 1. The summed E-state index contributed by atoms with van der Waals surface area (Å²) in [6, 6.07) is 11.0. The highest BCUT2D eigenvalue weighted by Gasteiger charge is 2.65. The third kappa shape index (κ3) is 1.56. The molecule has 1 amide bonds. The Morgan fingerprint density at radius 1 is 1.27 bits per heavy atom. The van der Waals surface area contributed by atoms with E-state index in [1.54, 1.807) is 24.3 Å². The maximum absolute atomic E-state index is 14.0. The number of aromatic carboxylic acids is 1. The largest absolute Gasteiger partial charge is 0.478 e. The van der Waals surface area contributed by atoms with E-state index in [2.05, 4.69) is 5.32 Å². The Kier molecular flexibility index (Phi) is 2.46. The zero-order valence-corrected chi connectivity index (χ0v) is 11.5. The highest BCUT2D eigenvalue weighted by molar-refractivity contribution is 6.10. The molecule has 0 saturated heterocycles. The van der Waals surface area contributed by atoms with Gasteiger partial charge >= 0.3 is 5.97 Å². The molecule has 4 rings (SSSR count). The smallest absolute Gasteiger partial charge is 0.335 e. The van der Waals surface area contributed by atoms with Crippen molar-refractivity contribution >= 4 is 17.6 Å². The lowest BCUT2D eigenvalue weighted by Gasteiger charge is -2.10. The van der Waals surface area contributed by atoms with Gasteiger partial charge in [-0.2, -0.15) is 0 Å². The Hall–Kier alpha value is -2.69. The van der Waals surface area contributed by atoms with Crippen LogP contribution < -0.4 is 5.32 Å². The second-order valence-corrected chi connectivity index (χ2v) is 5.77. The van der Waals surface area contributed by atoms with Gasteiger partial charge in [0, 0.05) is 11.6 Å². The molecule has 1 fully saturated rings. The molecule has 2 atom stereocenters. The predicted molar refractivity (Wildman–Crippen MR) is 77.5 cm³/mol. The van der Waals surface area contributed by atoms with E-state index in [1.807, 2.05) is 0 Å². The summed E-state index contributed by atoms with van der Waals surface area (Å²) < 4.78 is 14.0. The molecule has 110 valence electrons. The van der Waals surface area contributed by atoms with Crippen LogP contribution in [0.3, 0.4) is 0 Å². The molecule has 5 heteroatoms. The van der Waals surface area contributed by atoms with Gasteiger partial charge in [-0.3, -0.25) is 4.79 Å². The lowest BCUT2D eigenvalue weighted by Crippen LogP contribution is -2.21. The van der Waals surface area contributed by atoms with Crippen molar-refractivity contribution in [3.63, 3.8) is 0 Å². The number of rotatable bonds is 2. The number of hydrogen-bond donors (Lipinski definition) is 2. The molecule has 1 saturated carbocycles. The lowest BCUT2D eigenvalue weighted by molar-refractivity contribution is -0.118. The van der Waals surface area contributed by atoms with Crippen molar-refractivity contribution < 1.29 is 19.1 Å². The van der Waals surface area contributed by atoms with Crippen LogP contribution in [0.15, 0.2) is 42.5 Å². The molecule has 2 aliphatic rings.